The molecule has 5 N–H and O–H groups in total. The number of nitrogen functional groups attached to an aromatic ring is 1. The van der Waals surface area contributed by atoms with Crippen LogP contribution in [0, 0.1) is 5.95 Å². The molecule has 0 aliphatic rings. The molecule has 1 aromatic carbocycles. The van der Waals surface area contributed by atoms with Crippen LogP contribution in [0.25, 0.3) is 0 Å². The molecule has 0 spiro atoms. The van der Waals surface area contributed by atoms with Crippen molar-refractivity contribution in [2.24, 2.45) is 5.73 Å². The van der Waals surface area contributed by atoms with Crippen LogP contribution < -0.4 is 26.6 Å². The average Bonchev–Trinajstić information content (AvgIpc) is 3.17. The van der Waals surface area contributed by atoms with Crippen molar-refractivity contribution >= 4 is 52.3 Å². The van der Waals surface area contributed by atoms with E-state index in [-0.39, 0.29) is 34.5 Å². The first-order chi connectivity index (χ1) is 16.4. The van der Waals surface area contributed by atoms with Crippen molar-refractivity contribution in [2.45, 2.75) is 19.9 Å². The third kappa shape index (κ3) is 5.17. The van der Waals surface area contributed by atoms with Crippen LogP contribution in [0.1, 0.15) is 40.7 Å². The van der Waals surface area contributed by atoms with E-state index in [4.69, 9.17) is 23.1 Å². The van der Waals surface area contributed by atoms with Gasteiger partial charge in [0.25, 0.3) is 11.8 Å². The van der Waals surface area contributed by atoms with Crippen molar-refractivity contribution in [2.75, 3.05) is 34.9 Å². The van der Waals surface area contributed by atoms with Crippen LogP contribution in [0.3, 0.4) is 0 Å². The standard InChI is InChI=1S/C22H24ClFN8O3/c1-11(2)32-19(25)16(20(26)33)17(29-32)21(34)28-15-9-14(10-27-18(15)24)31(4)22(35)30(3)13-7-5-12(23)6-8-13/h5-11H,25H2,1-4H3,(H2,26,33)(H,28,34). The number of nitrogens with zero attached hydrogens (tertiary/aromatic N) is 5. The summed E-state index contributed by atoms with van der Waals surface area (Å²) in [7, 11) is 3.02. The molecule has 0 fully saturated rings. The number of pyridine rings is 1. The molecule has 184 valence electrons. The fourth-order valence-corrected chi connectivity index (χ4v) is 3.37. The normalized spacial score (nSPS) is 10.8. The van der Waals surface area contributed by atoms with E-state index in [1.807, 2.05) is 0 Å². The fourth-order valence-electron chi connectivity index (χ4n) is 3.24. The highest BCUT2D eigenvalue weighted by atomic mass is 35.5. The van der Waals surface area contributed by atoms with Gasteiger partial charge in [-0.25, -0.2) is 14.5 Å². The van der Waals surface area contributed by atoms with Crippen molar-refractivity contribution in [3.8, 4) is 0 Å². The minimum atomic E-state index is -1.01. The molecule has 0 aliphatic heterocycles. The number of amides is 4. The van der Waals surface area contributed by atoms with Crippen molar-refractivity contribution < 1.29 is 18.8 Å². The van der Waals surface area contributed by atoms with E-state index in [1.54, 1.807) is 45.2 Å². The van der Waals surface area contributed by atoms with Gasteiger partial charge in [0, 0.05) is 30.8 Å². The molecule has 13 heteroatoms. The zero-order valence-corrected chi connectivity index (χ0v) is 20.2. The number of primary amides is 1. The maximum absolute atomic E-state index is 14.4. The number of hydrogen-bond donors (Lipinski definition) is 3. The molecule has 11 nitrogen and oxygen atoms in total. The minimum Gasteiger partial charge on any atom is -0.383 e. The third-order valence-corrected chi connectivity index (χ3v) is 5.40. The lowest BCUT2D eigenvalue weighted by Crippen LogP contribution is -2.39. The molecular weight excluding hydrogens is 479 g/mol. The summed E-state index contributed by atoms with van der Waals surface area (Å²) in [6.45, 7) is 3.49. The number of nitrogens with two attached hydrogens (primary N) is 2. The number of halogens is 2. The van der Waals surface area contributed by atoms with Crippen LogP contribution in [0.15, 0.2) is 36.5 Å². The number of anilines is 4. The molecule has 35 heavy (non-hydrogen) atoms. The summed E-state index contributed by atoms with van der Waals surface area (Å²) in [5.74, 6) is -2.97. The summed E-state index contributed by atoms with van der Waals surface area (Å²) in [6, 6.07) is 7.11. The van der Waals surface area contributed by atoms with E-state index in [2.05, 4.69) is 15.4 Å². The van der Waals surface area contributed by atoms with Crippen LogP contribution in [0.5, 0.6) is 0 Å². The second-order valence-corrected chi connectivity index (χ2v) is 8.31. The van der Waals surface area contributed by atoms with E-state index >= 15 is 0 Å². The number of carbonyl (C=O) groups excluding carboxylic acids is 3. The molecule has 3 aromatic rings. The van der Waals surface area contributed by atoms with Gasteiger partial charge in [0.05, 0.1) is 17.6 Å². The predicted molar refractivity (Wildman–Crippen MR) is 131 cm³/mol. The van der Waals surface area contributed by atoms with Gasteiger partial charge in [-0.3, -0.25) is 19.4 Å². The van der Waals surface area contributed by atoms with Crippen molar-refractivity contribution in [1.29, 1.82) is 0 Å². The molecule has 0 aliphatic carbocycles. The lowest BCUT2D eigenvalue weighted by atomic mass is 10.2. The van der Waals surface area contributed by atoms with Gasteiger partial charge in [0.1, 0.15) is 11.4 Å². The molecule has 0 bridgehead atoms. The molecule has 2 heterocycles. The molecule has 0 radical (unpaired) electrons. The smallest absolute Gasteiger partial charge is 0.328 e. The van der Waals surface area contributed by atoms with Gasteiger partial charge in [-0.2, -0.15) is 9.49 Å². The number of nitrogens with one attached hydrogen (secondary N) is 1. The summed E-state index contributed by atoms with van der Waals surface area (Å²) >= 11 is 5.89. The van der Waals surface area contributed by atoms with Crippen molar-refractivity contribution in [1.82, 2.24) is 14.8 Å². The molecule has 2 aromatic heterocycles. The van der Waals surface area contributed by atoms with Gasteiger partial charge < -0.3 is 16.8 Å². The third-order valence-electron chi connectivity index (χ3n) is 5.15. The number of benzene rings is 1. The maximum Gasteiger partial charge on any atom is 0.328 e. The summed E-state index contributed by atoms with van der Waals surface area (Å²) in [5.41, 5.74) is 11.1. The minimum absolute atomic E-state index is 0.0828. The van der Waals surface area contributed by atoms with E-state index in [9.17, 15) is 18.8 Å². The Hall–Kier alpha value is -4.19. The summed E-state index contributed by atoms with van der Waals surface area (Å²) < 4.78 is 15.7. The van der Waals surface area contributed by atoms with Crippen LogP contribution >= 0.6 is 11.6 Å². The van der Waals surface area contributed by atoms with Gasteiger partial charge in [0.15, 0.2) is 5.69 Å². The quantitative estimate of drug-likeness (QED) is 0.440. The largest absolute Gasteiger partial charge is 0.383 e. The molecule has 0 atom stereocenters. The molecule has 3 rings (SSSR count). The van der Waals surface area contributed by atoms with Gasteiger partial charge in [0.2, 0.25) is 5.95 Å². The summed E-state index contributed by atoms with van der Waals surface area (Å²) in [4.78, 5) is 43.9. The van der Waals surface area contributed by atoms with Crippen molar-refractivity contribution in [3.05, 3.63) is 58.8 Å². The van der Waals surface area contributed by atoms with Crippen LogP contribution in [-0.2, 0) is 0 Å². The molecule has 0 saturated carbocycles. The van der Waals surface area contributed by atoms with Gasteiger partial charge in [-0.15, -0.1) is 0 Å². The van der Waals surface area contributed by atoms with Crippen LogP contribution in [0.2, 0.25) is 5.02 Å². The SMILES string of the molecule is CC(C)n1nc(C(=O)Nc2cc(N(C)C(=O)N(C)c3ccc(Cl)cc3)cnc2F)c(C(N)=O)c1N. The monoisotopic (exact) mass is 502 g/mol. The second-order valence-electron chi connectivity index (χ2n) is 7.87. The number of rotatable bonds is 6. The van der Waals surface area contributed by atoms with E-state index in [0.29, 0.717) is 10.7 Å². The Bertz CT molecular complexity index is 1290. The van der Waals surface area contributed by atoms with Gasteiger partial charge >= 0.3 is 6.03 Å². The highest BCUT2D eigenvalue weighted by Crippen LogP contribution is 2.25. The fraction of sp³-hybridized carbons (Fsp3) is 0.227. The number of aromatic nitrogens is 3. The van der Waals surface area contributed by atoms with Crippen molar-refractivity contribution in [3.63, 3.8) is 0 Å². The molecule has 0 unspecified atom stereocenters. The first kappa shape index (κ1) is 25.4. The second kappa shape index (κ2) is 9.97. The average molecular weight is 503 g/mol. The van der Waals surface area contributed by atoms with Crippen LogP contribution in [0.4, 0.5) is 32.1 Å². The summed E-state index contributed by atoms with van der Waals surface area (Å²) in [5, 5.41) is 6.90. The Kier molecular flexibility index (Phi) is 7.25. The van der Waals surface area contributed by atoms with E-state index in [0.717, 1.165) is 6.20 Å². The zero-order valence-electron chi connectivity index (χ0n) is 19.4. The first-order valence-corrected chi connectivity index (χ1v) is 10.7. The van der Waals surface area contributed by atoms with Gasteiger partial charge in [-0.1, -0.05) is 11.6 Å². The Morgan fingerprint density at radius 3 is 2.29 bits per heavy atom. The maximum atomic E-state index is 14.4. The van der Waals surface area contributed by atoms with E-state index in [1.165, 1.54) is 27.6 Å². The number of hydrogen-bond acceptors (Lipinski definition) is 6. The Labute approximate surface area is 205 Å². The molecular formula is C22H24ClFN8O3. The molecule has 0 saturated heterocycles. The highest BCUT2D eigenvalue weighted by Gasteiger charge is 2.27. The first-order valence-electron chi connectivity index (χ1n) is 10.3. The Balaban J connectivity index is 1.88. The molecule has 4 amide bonds. The Morgan fingerprint density at radius 1 is 1.11 bits per heavy atom. The zero-order chi connectivity index (χ0) is 26.0. The van der Waals surface area contributed by atoms with Crippen LogP contribution in [-0.4, -0.2) is 46.7 Å². The van der Waals surface area contributed by atoms with Gasteiger partial charge in [-0.05, 0) is 44.2 Å². The predicted octanol–water partition coefficient (Wildman–Crippen LogP) is 3.28. The van der Waals surface area contributed by atoms with E-state index < -0.39 is 23.8 Å². The topological polar surface area (TPSA) is 152 Å². The summed E-state index contributed by atoms with van der Waals surface area (Å²) in [6.07, 6.45) is 1.14. The number of urea groups is 1. The lowest BCUT2D eigenvalue weighted by Gasteiger charge is -2.25. The lowest BCUT2D eigenvalue weighted by molar-refractivity contribution is 0.0976. The number of carbonyl (C=O) groups is 3. The highest BCUT2D eigenvalue weighted by molar-refractivity contribution is 6.30. The Morgan fingerprint density at radius 2 is 1.71 bits per heavy atom.